The Bertz CT molecular complexity index is 660. The first-order chi connectivity index (χ1) is 10.5. The van der Waals surface area contributed by atoms with Crippen LogP contribution in [0.1, 0.15) is 24.5 Å². The smallest absolute Gasteiger partial charge is 0.215 e. The third-order valence-corrected chi connectivity index (χ3v) is 5.68. The van der Waals surface area contributed by atoms with Crippen LogP contribution in [-0.2, 0) is 10.0 Å². The quantitative estimate of drug-likeness (QED) is 0.864. The molecule has 2 rings (SSSR count). The van der Waals surface area contributed by atoms with Crippen LogP contribution < -0.4 is 4.72 Å². The van der Waals surface area contributed by atoms with Gasteiger partial charge in [-0.15, -0.1) is 0 Å². The van der Waals surface area contributed by atoms with Crippen LogP contribution in [0.5, 0.6) is 0 Å². The molecular formula is C16H21N3O2S. The predicted octanol–water partition coefficient (Wildman–Crippen LogP) is 1.59. The fourth-order valence-corrected chi connectivity index (χ4v) is 4.00. The second-order valence-corrected chi connectivity index (χ2v) is 7.39. The molecular weight excluding hydrogens is 298 g/mol. The lowest BCUT2D eigenvalue weighted by atomic mass is 10.1. The van der Waals surface area contributed by atoms with E-state index in [-0.39, 0.29) is 5.25 Å². The van der Waals surface area contributed by atoms with Gasteiger partial charge in [-0.2, -0.15) is 5.26 Å². The lowest BCUT2D eigenvalue weighted by molar-refractivity contribution is 0.377. The van der Waals surface area contributed by atoms with E-state index in [2.05, 4.69) is 15.7 Å². The van der Waals surface area contributed by atoms with Crippen LogP contribution in [0, 0.1) is 11.3 Å². The zero-order chi connectivity index (χ0) is 16.0. The molecule has 0 spiro atoms. The Morgan fingerprint density at radius 1 is 1.41 bits per heavy atom. The van der Waals surface area contributed by atoms with Gasteiger partial charge in [0.05, 0.1) is 16.9 Å². The monoisotopic (exact) mass is 319 g/mol. The number of benzene rings is 1. The zero-order valence-corrected chi connectivity index (χ0v) is 13.5. The largest absolute Gasteiger partial charge is 0.298 e. The zero-order valence-electron chi connectivity index (χ0n) is 12.7. The minimum Gasteiger partial charge on any atom is -0.298 e. The normalized spacial score (nSPS) is 19.5. The molecule has 6 heteroatoms. The summed E-state index contributed by atoms with van der Waals surface area (Å²) in [5.41, 5.74) is 1.68. The summed E-state index contributed by atoms with van der Waals surface area (Å²) in [6.07, 6.45) is 4.71. The number of likely N-dealkylation sites (tertiary alicyclic amines) is 1. The van der Waals surface area contributed by atoms with Crippen LogP contribution in [0.25, 0.3) is 6.08 Å². The molecule has 118 valence electrons. The Balaban J connectivity index is 1.85. The first-order valence-electron chi connectivity index (χ1n) is 7.42. The standard InChI is InChI=1S/C16H21N3O2S/c1-2-18-22(20,21)16-9-11-19(13-16)10-3-4-14-5-7-15(12-17)8-6-14/h3-8,16,18H,2,9-11,13H2,1H3/b4-3+/t16-/m0/s1. The van der Waals surface area contributed by atoms with Gasteiger partial charge in [-0.05, 0) is 30.7 Å². The molecule has 1 N–H and O–H groups in total. The summed E-state index contributed by atoms with van der Waals surface area (Å²) in [7, 11) is -3.17. The van der Waals surface area contributed by atoms with Crippen molar-refractivity contribution < 1.29 is 8.42 Å². The molecule has 1 heterocycles. The van der Waals surface area contributed by atoms with Crippen molar-refractivity contribution in [3.63, 3.8) is 0 Å². The number of rotatable bonds is 6. The van der Waals surface area contributed by atoms with Crippen molar-refractivity contribution in [2.75, 3.05) is 26.2 Å². The summed E-state index contributed by atoms with van der Waals surface area (Å²) in [6, 6.07) is 9.46. The Hall–Kier alpha value is -1.68. The van der Waals surface area contributed by atoms with Crippen LogP contribution in [0.3, 0.4) is 0 Å². The van der Waals surface area contributed by atoms with E-state index >= 15 is 0 Å². The number of sulfonamides is 1. The Labute approximate surface area is 132 Å². The number of hydrogen-bond donors (Lipinski definition) is 1. The number of nitrogens with one attached hydrogen (secondary N) is 1. The first-order valence-corrected chi connectivity index (χ1v) is 8.97. The summed E-state index contributed by atoms with van der Waals surface area (Å²) in [6.45, 7) is 4.35. The molecule has 22 heavy (non-hydrogen) atoms. The highest BCUT2D eigenvalue weighted by Crippen LogP contribution is 2.16. The topological polar surface area (TPSA) is 73.2 Å². The average Bonchev–Trinajstić information content (AvgIpc) is 2.98. The van der Waals surface area contributed by atoms with E-state index in [0.29, 0.717) is 25.1 Å². The Morgan fingerprint density at radius 2 is 2.14 bits per heavy atom. The van der Waals surface area contributed by atoms with E-state index in [4.69, 9.17) is 5.26 Å². The van der Waals surface area contributed by atoms with Gasteiger partial charge in [-0.25, -0.2) is 13.1 Å². The molecule has 1 saturated heterocycles. The van der Waals surface area contributed by atoms with Gasteiger partial charge in [-0.1, -0.05) is 31.2 Å². The van der Waals surface area contributed by atoms with Crippen molar-refractivity contribution in [2.24, 2.45) is 0 Å². The van der Waals surface area contributed by atoms with E-state index in [0.717, 1.165) is 18.7 Å². The molecule has 0 saturated carbocycles. The van der Waals surface area contributed by atoms with Crippen LogP contribution >= 0.6 is 0 Å². The molecule has 0 aliphatic carbocycles. The van der Waals surface area contributed by atoms with E-state index in [9.17, 15) is 8.42 Å². The predicted molar refractivity (Wildman–Crippen MR) is 87.6 cm³/mol. The van der Waals surface area contributed by atoms with E-state index in [1.54, 1.807) is 19.1 Å². The van der Waals surface area contributed by atoms with Gasteiger partial charge in [0, 0.05) is 19.6 Å². The van der Waals surface area contributed by atoms with E-state index in [1.807, 2.05) is 24.3 Å². The van der Waals surface area contributed by atoms with Crippen molar-refractivity contribution in [3.05, 3.63) is 41.5 Å². The van der Waals surface area contributed by atoms with Gasteiger partial charge < -0.3 is 0 Å². The van der Waals surface area contributed by atoms with Gasteiger partial charge in [0.25, 0.3) is 0 Å². The number of nitrogens with zero attached hydrogens (tertiary/aromatic N) is 2. The Morgan fingerprint density at radius 3 is 2.77 bits per heavy atom. The van der Waals surface area contributed by atoms with E-state index < -0.39 is 10.0 Å². The fourth-order valence-electron chi connectivity index (χ4n) is 2.54. The molecule has 1 aliphatic heterocycles. The van der Waals surface area contributed by atoms with Gasteiger partial charge in [0.15, 0.2) is 0 Å². The minimum absolute atomic E-state index is 0.309. The Kier molecular flexibility index (Phi) is 5.72. The highest BCUT2D eigenvalue weighted by Gasteiger charge is 2.31. The maximum Gasteiger partial charge on any atom is 0.215 e. The third kappa shape index (κ3) is 4.41. The highest BCUT2D eigenvalue weighted by molar-refractivity contribution is 7.90. The summed E-state index contributed by atoms with van der Waals surface area (Å²) in [4.78, 5) is 2.14. The molecule has 0 bridgehead atoms. The number of hydrogen-bond acceptors (Lipinski definition) is 4. The maximum absolute atomic E-state index is 12.0. The van der Waals surface area contributed by atoms with Gasteiger partial charge in [0.1, 0.15) is 0 Å². The lowest BCUT2D eigenvalue weighted by Crippen LogP contribution is -2.36. The fraction of sp³-hybridized carbons (Fsp3) is 0.438. The lowest BCUT2D eigenvalue weighted by Gasteiger charge is -2.14. The van der Waals surface area contributed by atoms with Crippen molar-refractivity contribution in [2.45, 2.75) is 18.6 Å². The summed E-state index contributed by atoms with van der Waals surface area (Å²) < 4.78 is 26.5. The van der Waals surface area contributed by atoms with Gasteiger partial charge in [-0.3, -0.25) is 4.90 Å². The SMILES string of the molecule is CCNS(=O)(=O)[C@H]1CCN(C/C=C/c2ccc(C#N)cc2)C1. The third-order valence-electron chi connectivity index (χ3n) is 3.73. The summed E-state index contributed by atoms with van der Waals surface area (Å²) >= 11 is 0. The molecule has 0 amide bonds. The molecule has 1 atom stereocenters. The second kappa shape index (κ2) is 7.54. The molecule has 1 fully saturated rings. The van der Waals surface area contributed by atoms with Crippen LogP contribution in [0.4, 0.5) is 0 Å². The molecule has 0 radical (unpaired) electrons. The molecule has 1 aromatic carbocycles. The molecule has 1 aromatic rings. The van der Waals surface area contributed by atoms with Crippen LogP contribution in [0.15, 0.2) is 30.3 Å². The van der Waals surface area contributed by atoms with Gasteiger partial charge >= 0.3 is 0 Å². The van der Waals surface area contributed by atoms with Crippen molar-refractivity contribution >= 4 is 16.1 Å². The summed E-state index contributed by atoms with van der Waals surface area (Å²) in [5.74, 6) is 0. The molecule has 5 nitrogen and oxygen atoms in total. The van der Waals surface area contributed by atoms with E-state index in [1.165, 1.54) is 0 Å². The highest BCUT2D eigenvalue weighted by atomic mass is 32.2. The maximum atomic E-state index is 12.0. The average molecular weight is 319 g/mol. The van der Waals surface area contributed by atoms with Crippen molar-refractivity contribution in [3.8, 4) is 6.07 Å². The van der Waals surface area contributed by atoms with Gasteiger partial charge in [0.2, 0.25) is 10.0 Å². The van der Waals surface area contributed by atoms with Crippen LogP contribution in [-0.4, -0.2) is 44.7 Å². The minimum atomic E-state index is -3.17. The summed E-state index contributed by atoms with van der Waals surface area (Å²) in [5, 5.41) is 8.44. The molecule has 0 aromatic heterocycles. The second-order valence-electron chi connectivity index (χ2n) is 5.35. The first kappa shape index (κ1) is 16.7. The van der Waals surface area contributed by atoms with Crippen LogP contribution in [0.2, 0.25) is 0 Å². The molecule has 0 unspecified atom stereocenters. The van der Waals surface area contributed by atoms with Crippen molar-refractivity contribution in [1.29, 1.82) is 5.26 Å². The number of nitriles is 1. The molecule has 1 aliphatic rings. The van der Waals surface area contributed by atoms with Crippen molar-refractivity contribution in [1.82, 2.24) is 9.62 Å².